The van der Waals surface area contributed by atoms with Gasteiger partial charge in [-0.2, -0.15) is 5.26 Å². The first-order chi connectivity index (χ1) is 8.72. The Labute approximate surface area is 112 Å². The molecule has 0 amide bonds. The second-order valence-corrected chi connectivity index (χ2v) is 5.69. The Bertz CT molecular complexity index is 496. The largest absolute Gasteiger partial charge is 0.367 e. The number of nitriles is 1. The molecule has 4 heteroatoms. The van der Waals surface area contributed by atoms with Crippen molar-refractivity contribution in [3.8, 4) is 6.07 Å². The molecule has 2 saturated heterocycles. The molecule has 0 spiro atoms. The monoisotopic (exact) mass is 261 g/mol. The van der Waals surface area contributed by atoms with E-state index in [9.17, 15) is 5.26 Å². The molecule has 3 rings (SSSR count). The molecule has 2 aliphatic heterocycles. The van der Waals surface area contributed by atoms with Gasteiger partial charge in [0.1, 0.15) is 5.54 Å². The third-order valence-corrected chi connectivity index (χ3v) is 4.42. The molecule has 0 aromatic heterocycles. The summed E-state index contributed by atoms with van der Waals surface area (Å²) < 4.78 is 0. The topological polar surface area (TPSA) is 39.1 Å². The first kappa shape index (κ1) is 11.8. The van der Waals surface area contributed by atoms with Crippen LogP contribution in [0.3, 0.4) is 0 Å². The first-order valence-electron chi connectivity index (χ1n) is 6.39. The maximum atomic E-state index is 9.63. The van der Waals surface area contributed by atoms with E-state index < -0.39 is 5.54 Å². The Balaban J connectivity index is 1.86. The molecule has 94 valence electrons. The minimum atomic E-state index is -0.419. The normalized spacial score (nSPS) is 34.0. The lowest BCUT2D eigenvalue weighted by Gasteiger charge is -2.38. The molecule has 2 fully saturated rings. The molecular formula is C14H16ClN3. The van der Waals surface area contributed by atoms with Crippen molar-refractivity contribution in [1.29, 1.82) is 5.26 Å². The van der Waals surface area contributed by atoms with Crippen molar-refractivity contribution in [3.63, 3.8) is 0 Å². The summed E-state index contributed by atoms with van der Waals surface area (Å²) >= 11 is 6.00. The number of anilines is 1. The van der Waals surface area contributed by atoms with Gasteiger partial charge in [0.05, 0.1) is 6.07 Å². The number of fused-ring (bicyclic) bond motifs is 2. The summed E-state index contributed by atoms with van der Waals surface area (Å²) in [5.41, 5.74) is 0.530. The van der Waals surface area contributed by atoms with E-state index in [1.165, 1.54) is 0 Å². The van der Waals surface area contributed by atoms with Gasteiger partial charge in [-0.15, -0.1) is 0 Å². The summed E-state index contributed by atoms with van der Waals surface area (Å²) in [7, 11) is 0. The van der Waals surface area contributed by atoms with Gasteiger partial charge in [0, 0.05) is 29.7 Å². The minimum Gasteiger partial charge on any atom is -0.367 e. The van der Waals surface area contributed by atoms with Crippen molar-refractivity contribution in [2.24, 2.45) is 5.92 Å². The zero-order chi connectivity index (χ0) is 12.6. The Morgan fingerprint density at radius 2 is 2.33 bits per heavy atom. The maximum absolute atomic E-state index is 9.63. The zero-order valence-electron chi connectivity index (χ0n) is 10.2. The Morgan fingerprint density at radius 3 is 3.11 bits per heavy atom. The van der Waals surface area contributed by atoms with Crippen molar-refractivity contribution >= 4 is 17.3 Å². The Kier molecular flexibility index (Phi) is 2.93. The number of benzene rings is 1. The summed E-state index contributed by atoms with van der Waals surface area (Å²) in [4.78, 5) is 2.44. The molecule has 3 unspecified atom stereocenters. The quantitative estimate of drug-likeness (QED) is 0.890. The number of rotatable bonds is 2. The first-order valence-corrected chi connectivity index (χ1v) is 6.77. The van der Waals surface area contributed by atoms with Gasteiger partial charge in [0.15, 0.2) is 0 Å². The van der Waals surface area contributed by atoms with Crippen LogP contribution in [0.15, 0.2) is 24.3 Å². The van der Waals surface area contributed by atoms with Crippen LogP contribution >= 0.6 is 11.6 Å². The highest BCUT2D eigenvalue weighted by atomic mass is 35.5. The Hall–Kier alpha value is -1.24. The van der Waals surface area contributed by atoms with Gasteiger partial charge in [-0.25, -0.2) is 0 Å². The van der Waals surface area contributed by atoms with Crippen molar-refractivity contribution < 1.29 is 0 Å². The second kappa shape index (κ2) is 4.46. The summed E-state index contributed by atoms with van der Waals surface area (Å²) in [6, 6.07) is 10.2. The number of halogens is 1. The van der Waals surface area contributed by atoms with Crippen LogP contribution in [0.5, 0.6) is 0 Å². The second-order valence-electron chi connectivity index (χ2n) is 5.25. The molecular weight excluding hydrogens is 246 g/mol. The predicted molar refractivity (Wildman–Crippen MR) is 72.6 cm³/mol. The summed E-state index contributed by atoms with van der Waals surface area (Å²) in [5.74, 6) is 0.426. The van der Waals surface area contributed by atoms with E-state index in [1.54, 1.807) is 0 Å². The van der Waals surface area contributed by atoms with E-state index in [0.29, 0.717) is 10.9 Å². The number of nitrogens with zero attached hydrogens (tertiary/aromatic N) is 2. The lowest BCUT2D eigenvalue weighted by Crippen LogP contribution is -2.50. The maximum Gasteiger partial charge on any atom is 0.130 e. The van der Waals surface area contributed by atoms with Crippen LogP contribution in [0.4, 0.5) is 5.69 Å². The third kappa shape index (κ3) is 1.96. The fraction of sp³-hybridized carbons (Fsp3) is 0.500. The van der Waals surface area contributed by atoms with Gasteiger partial charge >= 0.3 is 0 Å². The molecule has 0 aliphatic carbocycles. The molecule has 1 N–H and O–H groups in total. The molecule has 3 atom stereocenters. The van der Waals surface area contributed by atoms with Crippen molar-refractivity contribution in [3.05, 3.63) is 29.3 Å². The molecule has 3 nitrogen and oxygen atoms in total. The van der Waals surface area contributed by atoms with Gasteiger partial charge < -0.3 is 10.2 Å². The average molecular weight is 262 g/mol. The van der Waals surface area contributed by atoms with Crippen LogP contribution in [0.2, 0.25) is 5.02 Å². The lowest BCUT2D eigenvalue weighted by molar-refractivity contribution is 0.221. The standard InChI is InChI=1S/C14H16ClN3/c15-12-2-1-3-13(8-12)17-14(10-16)5-7-18-6-4-11(14)9-18/h1-3,8,11,17H,4-7,9H2. The van der Waals surface area contributed by atoms with Crippen molar-refractivity contribution in [2.45, 2.75) is 18.4 Å². The molecule has 0 saturated carbocycles. The number of hydrogen-bond donors (Lipinski definition) is 1. The van der Waals surface area contributed by atoms with E-state index >= 15 is 0 Å². The highest BCUT2D eigenvalue weighted by Crippen LogP contribution is 2.37. The van der Waals surface area contributed by atoms with Gasteiger partial charge in [-0.05, 0) is 37.6 Å². The summed E-state index contributed by atoms with van der Waals surface area (Å²) in [6.45, 7) is 3.18. The van der Waals surface area contributed by atoms with E-state index in [2.05, 4.69) is 16.3 Å². The molecule has 2 heterocycles. The van der Waals surface area contributed by atoms with Crippen LogP contribution in [0.1, 0.15) is 12.8 Å². The number of hydrogen-bond acceptors (Lipinski definition) is 3. The van der Waals surface area contributed by atoms with Gasteiger partial charge in [0.2, 0.25) is 0 Å². The zero-order valence-corrected chi connectivity index (χ0v) is 11.0. The van der Waals surface area contributed by atoms with Gasteiger partial charge in [0.25, 0.3) is 0 Å². The smallest absolute Gasteiger partial charge is 0.130 e. The molecule has 1 aromatic carbocycles. The van der Waals surface area contributed by atoms with Crippen molar-refractivity contribution in [1.82, 2.24) is 4.90 Å². The highest BCUT2D eigenvalue weighted by Gasteiger charge is 2.46. The van der Waals surface area contributed by atoms with Crippen LogP contribution in [-0.4, -0.2) is 30.1 Å². The summed E-state index contributed by atoms with van der Waals surface area (Å²) in [6.07, 6.45) is 2.00. The van der Waals surface area contributed by atoms with Gasteiger partial charge in [-0.3, -0.25) is 0 Å². The molecule has 1 aromatic rings. The molecule has 2 aliphatic rings. The molecule has 0 radical (unpaired) electrons. The number of piperidine rings is 1. The van der Waals surface area contributed by atoms with Crippen LogP contribution in [0, 0.1) is 17.2 Å². The van der Waals surface area contributed by atoms with E-state index in [0.717, 1.165) is 38.2 Å². The lowest BCUT2D eigenvalue weighted by atomic mass is 9.80. The van der Waals surface area contributed by atoms with Crippen molar-refractivity contribution in [2.75, 3.05) is 25.0 Å². The third-order valence-electron chi connectivity index (χ3n) is 4.18. The van der Waals surface area contributed by atoms with Crippen LogP contribution in [-0.2, 0) is 0 Å². The number of nitrogens with one attached hydrogen (secondary N) is 1. The minimum absolute atomic E-state index is 0.419. The fourth-order valence-electron chi connectivity index (χ4n) is 3.14. The summed E-state index contributed by atoms with van der Waals surface area (Å²) in [5, 5.41) is 13.8. The van der Waals surface area contributed by atoms with E-state index in [-0.39, 0.29) is 0 Å². The fourth-order valence-corrected chi connectivity index (χ4v) is 3.33. The van der Waals surface area contributed by atoms with Crippen LogP contribution in [0.25, 0.3) is 0 Å². The van der Waals surface area contributed by atoms with Crippen LogP contribution < -0.4 is 5.32 Å². The molecule has 18 heavy (non-hydrogen) atoms. The predicted octanol–water partition coefficient (Wildman–Crippen LogP) is 2.74. The molecule has 2 bridgehead atoms. The van der Waals surface area contributed by atoms with Gasteiger partial charge in [-0.1, -0.05) is 17.7 Å². The van der Waals surface area contributed by atoms with E-state index in [1.807, 2.05) is 24.3 Å². The van der Waals surface area contributed by atoms with E-state index in [4.69, 9.17) is 11.6 Å². The Morgan fingerprint density at radius 1 is 1.44 bits per heavy atom. The highest BCUT2D eigenvalue weighted by molar-refractivity contribution is 6.30. The SMILES string of the molecule is N#CC1(Nc2cccc(Cl)c2)CCN2CCC1C2. The average Bonchev–Trinajstić information content (AvgIpc) is 2.78.